The number of rotatable bonds is 1. The second-order valence-corrected chi connectivity index (χ2v) is 3.79. The number of nitrogens with two attached hydrogens (primary N) is 1. The van der Waals surface area contributed by atoms with Crippen molar-refractivity contribution in [3.63, 3.8) is 0 Å². The zero-order valence-corrected chi connectivity index (χ0v) is 8.33. The third-order valence-corrected chi connectivity index (χ3v) is 2.99. The fourth-order valence-electron chi connectivity index (χ4n) is 2.13. The van der Waals surface area contributed by atoms with Gasteiger partial charge in [-0.15, -0.1) is 0 Å². The molecule has 1 aromatic rings. The van der Waals surface area contributed by atoms with Crippen molar-refractivity contribution in [1.29, 1.82) is 0 Å². The quantitative estimate of drug-likeness (QED) is 0.734. The first-order valence-electron chi connectivity index (χ1n) is 4.94. The first kappa shape index (κ1) is 9.46. The van der Waals surface area contributed by atoms with Crippen molar-refractivity contribution < 1.29 is 4.39 Å². The monoisotopic (exact) mass is 194 g/mol. The van der Waals surface area contributed by atoms with E-state index in [1.54, 1.807) is 6.07 Å². The fraction of sp³-hybridized carbons (Fsp3) is 0.455. The molecular formula is C11H15FN2. The molecule has 1 aliphatic heterocycles. The second-order valence-electron chi connectivity index (χ2n) is 3.79. The molecule has 0 spiro atoms. The number of fused-ring (bicyclic) bond motifs is 1. The van der Waals surface area contributed by atoms with Gasteiger partial charge in [0.05, 0.1) is 5.69 Å². The highest BCUT2D eigenvalue weighted by atomic mass is 19.1. The van der Waals surface area contributed by atoms with E-state index in [0.29, 0.717) is 6.54 Å². The van der Waals surface area contributed by atoms with Crippen LogP contribution >= 0.6 is 0 Å². The number of halogens is 1. The molecule has 0 amide bonds. The molecule has 1 atom stereocenters. The van der Waals surface area contributed by atoms with Crippen LogP contribution in [0.3, 0.4) is 0 Å². The number of hydrogen-bond acceptors (Lipinski definition) is 2. The van der Waals surface area contributed by atoms with Crippen LogP contribution in [0.4, 0.5) is 10.1 Å². The van der Waals surface area contributed by atoms with Crippen LogP contribution in [0.2, 0.25) is 0 Å². The van der Waals surface area contributed by atoms with Crippen LogP contribution in [0.15, 0.2) is 18.2 Å². The number of hydrogen-bond donors (Lipinski definition) is 1. The summed E-state index contributed by atoms with van der Waals surface area (Å²) in [6.07, 6.45) is 1.95. The molecule has 76 valence electrons. The Bertz CT molecular complexity index is 338. The normalized spacial score (nSPS) is 20.8. The highest BCUT2D eigenvalue weighted by Crippen LogP contribution is 2.31. The maximum atomic E-state index is 13.5. The molecule has 1 heterocycles. The fourth-order valence-corrected chi connectivity index (χ4v) is 2.13. The van der Waals surface area contributed by atoms with E-state index in [1.807, 2.05) is 18.0 Å². The van der Waals surface area contributed by atoms with E-state index in [1.165, 1.54) is 6.07 Å². The van der Waals surface area contributed by atoms with Crippen LogP contribution in [0, 0.1) is 5.82 Å². The third-order valence-electron chi connectivity index (χ3n) is 2.99. The predicted octanol–water partition coefficient (Wildman–Crippen LogP) is 1.54. The van der Waals surface area contributed by atoms with E-state index in [4.69, 9.17) is 5.73 Å². The lowest BCUT2D eigenvalue weighted by atomic mass is 9.96. The van der Waals surface area contributed by atoms with Crippen molar-refractivity contribution in [3.05, 3.63) is 29.6 Å². The Morgan fingerprint density at radius 1 is 1.57 bits per heavy atom. The molecule has 0 aliphatic carbocycles. The first-order chi connectivity index (χ1) is 6.74. The highest BCUT2D eigenvalue weighted by molar-refractivity contribution is 5.57. The molecule has 1 unspecified atom stereocenters. The Labute approximate surface area is 83.5 Å². The Balaban J connectivity index is 2.43. The molecule has 0 fully saturated rings. The minimum absolute atomic E-state index is 0.136. The number of benzene rings is 1. The zero-order chi connectivity index (χ0) is 10.1. The number of nitrogens with zero attached hydrogens (tertiary/aromatic N) is 1. The summed E-state index contributed by atoms with van der Waals surface area (Å²) in [5, 5.41) is 0. The van der Waals surface area contributed by atoms with Crippen LogP contribution in [-0.4, -0.2) is 19.6 Å². The number of para-hydroxylation sites is 1. The summed E-state index contributed by atoms with van der Waals surface area (Å²) < 4.78 is 13.5. The molecular weight excluding hydrogens is 179 g/mol. The molecule has 1 aliphatic rings. The molecule has 1 aromatic carbocycles. The van der Waals surface area contributed by atoms with Crippen molar-refractivity contribution in [2.45, 2.75) is 18.9 Å². The van der Waals surface area contributed by atoms with Crippen molar-refractivity contribution in [2.24, 2.45) is 5.73 Å². The van der Waals surface area contributed by atoms with E-state index < -0.39 is 0 Å². The van der Waals surface area contributed by atoms with Crippen LogP contribution in [0.5, 0.6) is 0 Å². The average molecular weight is 194 g/mol. The van der Waals surface area contributed by atoms with Gasteiger partial charge in [-0.1, -0.05) is 12.1 Å². The van der Waals surface area contributed by atoms with Gasteiger partial charge in [-0.2, -0.15) is 0 Å². The molecule has 2 rings (SSSR count). The minimum Gasteiger partial charge on any atom is -0.368 e. The van der Waals surface area contributed by atoms with Gasteiger partial charge < -0.3 is 10.6 Å². The molecule has 2 nitrogen and oxygen atoms in total. The summed E-state index contributed by atoms with van der Waals surface area (Å²) in [6.45, 7) is 0.588. The molecule has 2 N–H and O–H groups in total. The summed E-state index contributed by atoms with van der Waals surface area (Å²) in [5.74, 6) is -0.136. The van der Waals surface area contributed by atoms with Gasteiger partial charge in [0.15, 0.2) is 0 Å². The van der Waals surface area contributed by atoms with Gasteiger partial charge in [0.2, 0.25) is 0 Å². The van der Waals surface area contributed by atoms with Crippen molar-refractivity contribution in [1.82, 2.24) is 0 Å². The summed E-state index contributed by atoms with van der Waals surface area (Å²) in [4.78, 5) is 1.97. The van der Waals surface area contributed by atoms with E-state index in [9.17, 15) is 4.39 Å². The smallest absolute Gasteiger partial charge is 0.146 e. The third kappa shape index (κ3) is 1.38. The SMILES string of the molecule is CN1c2c(F)cccc2CCC1CN. The van der Waals surface area contributed by atoms with Crippen molar-refractivity contribution >= 4 is 5.69 Å². The Morgan fingerprint density at radius 2 is 2.36 bits per heavy atom. The summed E-state index contributed by atoms with van der Waals surface area (Å²) in [6, 6.07) is 5.54. The van der Waals surface area contributed by atoms with Gasteiger partial charge in [-0.25, -0.2) is 4.39 Å². The number of anilines is 1. The van der Waals surface area contributed by atoms with Gasteiger partial charge in [0.25, 0.3) is 0 Å². The molecule has 14 heavy (non-hydrogen) atoms. The van der Waals surface area contributed by atoms with Gasteiger partial charge in [0.1, 0.15) is 5.82 Å². The maximum Gasteiger partial charge on any atom is 0.146 e. The average Bonchev–Trinajstić information content (AvgIpc) is 2.18. The summed E-state index contributed by atoms with van der Waals surface area (Å²) in [7, 11) is 1.92. The first-order valence-corrected chi connectivity index (χ1v) is 4.94. The lowest BCUT2D eigenvalue weighted by molar-refractivity contribution is 0.539. The van der Waals surface area contributed by atoms with E-state index in [2.05, 4.69) is 0 Å². The van der Waals surface area contributed by atoms with E-state index in [-0.39, 0.29) is 11.9 Å². The lowest BCUT2D eigenvalue weighted by Crippen LogP contribution is -2.41. The molecule has 3 heteroatoms. The summed E-state index contributed by atoms with van der Waals surface area (Å²) in [5.41, 5.74) is 7.46. The molecule has 0 saturated heterocycles. The maximum absolute atomic E-state index is 13.5. The van der Waals surface area contributed by atoms with Crippen molar-refractivity contribution in [2.75, 3.05) is 18.5 Å². The van der Waals surface area contributed by atoms with Gasteiger partial charge in [-0.05, 0) is 24.5 Å². The molecule has 0 saturated carbocycles. The minimum atomic E-state index is -0.136. The van der Waals surface area contributed by atoms with Gasteiger partial charge in [-0.3, -0.25) is 0 Å². The van der Waals surface area contributed by atoms with Crippen LogP contribution in [0.25, 0.3) is 0 Å². The Kier molecular flexibility index (Phi) is 2.42. The Morgan fingerprint density at radius 3 is 3.07 bits per heavy atom. The highest BCUT2D eigenvalue weighted by Gasteiger charge is 2.24. The molecule has 0 aromatic heterocycles. The zero-order valence-electron chi connectivity index (χ0n) is 8.33. The van der Waals surface area contributed by atoms with Crippen molar-refractivity contribution in [3.8, 4) is 0 Å². The lowest BCUT2D eigenvalue weighted by Gasteiger charge is -2.35. The van der Waals surface area contributed by atoms with E-state index in [0.717, 1.165) is 24.1 Å². The van der Waals surface area contributed by atoms with Gasteiger partial charge >= 0.3 is 0 Å². The topological polar surface area (TPSA) is 29.3 Å². The number of aryl methyl sites for hydroxylation is 1. The molecule has 0 bridgehead atoms. The largest absolute Gasteiger partial charge is 0.368 e. The van der Waals surface area contributed by atoms with Crippen LogP contribution < -0.4 is 10.6 Å². The molecule has 0 radical (unpaired) electrons. The van der Waals surface area contributed by atoms with Crippen LogP contribution in [0.1, 0.15) is 12.0 Å². The second kappa shape index (κ2) is 3.58. The Hall–Kier alpha value is -1.09. The summed E-state index contributed by atoms with van der Waals surface area (Å²) >= 11 is 0. The van der Waals surface area contributed by atoms with E-state index >= 15 is 0 Å². The standard InChI is InChI=1S/C11H15FN2/c1-14-9(7-13)6-5-8-3-2-4-10(12)11(8)14/h2-4,9H,5-7,13H2,1H3. The van der Waals surface area contributed by atoms with Crippen LogP contribution in [-0.2, 0) is 6.42 Å². The predicted molar refractivity (Wildman–Crippen MR) is 56.0 cm³/mol. The van der Waals surface area contributed by atoms with Gasteiger partial charge in [0, 0.05) is 19.6 Å². The number of likely N-dealkylation sites (N-methyl/N-ethyl adjacent to an activating group) is 1.